The molecule has 4 nitrogen and oxygen atoms in total. The molecule has 1 saturated heterocycles. The van der Waals surface area contributed by atoms with Gasteiger partial charge in [-0.05, 0) is 62.2 Å². The van der Waals surface area contributed by atoms with Crippen molar-refractivity contribution in [2.75, 3.05) is 6.61 Å². The molecule has 0 aromatic rings. The largest absolute Gasteiger partial charge is 0.481 e. The van der Waals surface area contributed by atoms with Crippen LogP contribution in [0.5, 0.6) is 0 Å². The van der Waals surface area contributed by atoms with Gasteiger partial charge < -0.3 is 14.9 Å². The zero-order valence-corrected chi connectivity index (χ0v) is 14.7. The maximum Gasteiger partial charge on any atom is 0.309 e. The van der Waals surface area contributed by atoms with Gasteiger partial charge in [0.15, 0.2) is 0 Å². The van der Waals surface area contributed by atoms with Crippen molar-refractivity contribution in [3.8, 4) is 0 Å². The first-order valence-electron chi connectivity index (χ1n) is 9.54. The third-order valence-corrected chi connectivity index (χ3v) is 8.71. The van der Waals surface area contributed by atoms with Crippen LogP contribution in [0.1, 0.15) is 58.8 Å². The van der Waals surface area contributed by atoms with Gasteiger partial charge in [-0.3, -0.25) is 4.79 Å². The molecule has 0 aromatic heterocycles. The molecule has 1 heterocycles. The summed E-state index contributed by atoms with van der Waals surface area (Å²) in [5, 5.41) is 20.7. The number of rotatable bonds is 1. The molecule has 24 heavy (non-hydrogen) atoms. The van der Waals surface area contributed by atoms with E-state index in [-0.39, 0.29) is 28.3 Å². The maximum atomic E-state index is 12.1. The zero-order valence-electron chi connectivity index (χ0n) is 14.7. The molecule has 0 aromatic carbocycles. The summed E-state index contributed by atoms with van der Waals surface area (Å²) < 4.78 is 5.85. The molecule has 4 heteroatoms. The number of hydrogen-bond acceptors (Lipinski definition) is 3. The van der Waals surface area contributed by atoms with Gasteiger partial charge in [0, 0.05) is 5.92 Å². The number of fused-ring (bicyclic) bond motifs is 4. The van der Waals surface area contributed by atoms with E-state index in [1.165, 1.54) is 5.57 Å². The average Bonchev–Trinajstić information content (AvgIpc) is 3.21. The molecule has 3 saturated carbocycles. The fraction of sp³-hybridized carbons (Fsp3) is 0.850. The van der Waals surface area contributed by atoms with Crippen LogP contribution in [0.3, 0.4) is 0 Å². The molecule has 2 spiro atoms. The third-order valence-electron chi connectivity index (χ3n) is 8.71. The molecule has 4 fully saturated rings. The smallest absolute Gasteiger partial charge is 0.309 e. The van der Waals surface area contributed by atoms with Crippen LogP contribution >= 0.6 is 0 Å². The van der Waals surface area contributed by atoms with Crippen LogP contribution in [-0.2, 0) is 9.53 Å². The van der Waals surface area contributed by atoms with Crippen molar-refractivity contribution in [3.63, 3.8) is 0 Å². The number of carboxylic acids is 1. The highest BCUT2D eigenvalue weighted by atomic mass is 16.6. The summed E-state index contributed by atoms with van der Waals surface area (Å²) in [7, 11) is 0. The summed E-state index contributed by atoms with van der Waals surface area (Å²) in [4.78, 5) is 12.1. The van der Waals surface area contributed by atoms with Crippen LogP contribution in [-0.4, -0.2) is 34.5 Å². The molecule has 0 amide bonds. The minimum atomic E-state index is -0.641. The quantitative estimate of drug-likeness (QED) is 0.572. The van der Waals surface area contributed by atoms with Gasteiger partial charge in [-0.25, -0.2) is 0 Å². The molecule has 2 N–H and O–H groups in total. The molecular formula is C20H28O4. The lowest BCUT2D eigenvalue weighted by molar-refractivity contribution is -0.161. The number of epoxide rings is 1. The number of carbonyl (C=O) groups is 1. The van der Waals surface area contributed by atoms with E-state index in [0.29, 0.717) is 0 Å². The van der Waals surface area contributed by atoms with Crippen molar-refractivity contribution in [2.45, 2.75) is 70.5 Å². The first-order valence-corrected chi connectivity index (χ1v) is 9.54. The minimum Gasteiger partial charge on any atom is -0.481 e. The lowest BCUT2D eigenvalue weighted by Crippen LogP contribution is -2.54. The fourth-order valence-corrected chi connectivity index (χ4v) is 7.52. The summed E-state index contributed by atoms with van der Waals surface area (Å²) >= 11 is 0. The molecule has 5 rings (SSSR count). The van der Waals surface area contributed by atoms with Crippen molar-refractivity contribution < 1.29 is 19.7 Å². The molecule has 0 radical (unpaired) electrons. The van der Waals surface area contributed by atoms with E-state index in [2.05, 4.69) is 13.0 Å². The van der Waals surface area contributed by atoms with Crippen molar-refractivity contribution in [1.29, 1.82) is 0 Å². The van der Waals surface area contributed by atoms with Crippen LogP contribution in [0.4, 0.5) is 0 Å². The van der Waals surface area contributed by atoms with Crippen molar-refractivity contribution in [3.05, 3.63) is 11.6 Å². The summed E-state index contributed by atoms with van der Waals surface area (Å²) in [5.41, 5.74) is 0.739. The van der Waals surface area contributed by atoms with Gasteiger partial charge >= 0.3 is 5.97 Å². The van der Waals surface area contributed by atoms with Crippen LogP contribution < -0.4 is 0 Å². The molecule has 7 atom stereocenters. The van der Waals surface area contributed by atoms with E-state index in [4.69, 9.17) is 4.74 Å². The SMILES string of the molecule is CC1(C(=O)O)CCCC2(C)C3=CC(O)C4CC3(CCC12)CC41CO1. The highest BCUT2D eigenvalue weighted by molar-refractivity contribution is 5.75. The Hall–Kier alpha value is -0.870. The standard InChI is InChI=1S/C20H28O4/c1-17-5-3-6-18(2,16(22)23)14(17)4-7-19-9-12(13(21)8-15(17)19)20(10-19)11-24-20/h8,12-14,21H,3-7,9-11H2,1-2H3,(H,22,23). The van der Waals surface area contributed by atoms with Gasteiger partial charge in [-0.2, -0.15) is 0 Å². The van der Waals surface area contributed by atoms with Gasteiger partial charge in [0.1, 0.15) is 0 Å². The van der Waals surface area contributed by atoms with Gasteiger partial charge in [-0.1, -0.05) is 25.0 Å². The maximum absolute atomic E-state index is 12.1. The van der Waals surface area contributed by atoms with Crippen molar-refractivity contribution in [1.82, 2.24) is 0 Å². The van der Waals surface area contributed by atoms with E-state index in [1.807, 2.05) is 6.92 Å². The number of ether oxygens (including phenoxy) is 1. The van der Waals surface area contributed by atoms with Crippen LogP contribution in [0.2, 0.25) is 0 Å². The number of aliphatic carboxylic acids is 1. The second-order valence-corrected chi connectivity index (χ2v) is 9.78. The van der Waals surface area contributed by atoms with Crippen LogP contribution in [0.25, 0.3) is 0 Å². The van der Waals surface area contributed by atoms with E-state index in [0.717, 1.165) is 51.6 Å². The Morgan fingerprint density at radius 1 is 1.29 bits per heavy atom. The molecule has 7 unspecified atom stereocenters. The van der Waals surface area contributed by atoms with Crippen molar-refractivity contribution in [2.24, 2.45) is 28.1 Å². The predicted octanol–water partition coefficient (Wildman–Crippen LogP) is 3.14. The second kappa shape index (κ2) is 4.27. The average molecular weight is 332 g/mol. The second-order valence-electron chi connectivity index (χ2n) is 9.78. The summed E-state index contributed by atoms with van der Waals surface area (Å²) in [6.07, 6.45) is 8.64. The lowest BCUT2D eigenvalue weighted by atomic mass is 9.44. The predicted molar refractivity (Wildman–Crippen MR) is 88.4 cm³/mol. The van der Waals surface area contributed by atoms with Gasteiger partial charge in [0.05, 0.1) is 23.7 Å². The Balaban J connectivity index is 1.61. The first kappa shape index (κ1) is 15.4. The normalized spacial score (nSPS) is 58.0. The summed E-state index contributed by atoms with van der Waals surface area (Å²) in [5.74, 6) is -0.220. The highest BCUT2D eigenvalue weighted by Crippen LogP contribution is 2.73. The molecule has 1 aliphatic heterocycles. The van der Waals surface area contributed by atoms with E-state index < -0.39 is 17.5 Å². The molecule has 5 aliphatic rings. The first-order chi connectivity index (χ1) is 11.3. The topological polar surface area (TPSA) is 70.1 Å². The summed E-state index contributed by atoms with van der Waals surface area (Å²) in [6.45, 7) is 5.04. The molecule has 132 valence electrons. The van der Waals surface area contributed by atoms with Gasteiger partial charge in [-0.15, -0.1) is 0 Å². The number of aliphatic hydroxyl groups excluding tert-OH is 1. The zero-order chi connectivity index (χ0) is 17.0. The Morgan fingerprint density at radius 3 is 2.71 bits per heavy atom. The molecule has 4 aliphatic carbocycles. The van der Waals surface area contributed by atoms with Crippen LogP contribution in [0, 0.1) is 28.1 Å². The Labute approximate surface area is 143 Å². The lowest BCUT2D eigenvalue weighted by Gasteiger charge is -2.60. The Kier molecular flexibility index (Phi) is 2.74. The van der Waals surface area contributed by atoms with E-state index >= 15 is 0 Å². The number of allylic oxidation sites excluding steroid dienone is 1. The van der Waals surface area contributed by atoms with Gasteiger partial charge in [0.2, 0.25) is 0 Å². The van der Waals surface area contributed by atoms with Crippen molar-refractivity contribution >= 4 is 5.97 Å². The number of carboxylic acid groups (broad SMARTS) is 1. The van der Waals surface area contributed by atoms with E-state index in [1.54, 1.807) is 0 Å². The third kappa shape index (κ3) is 1.60. The van der Waals surface area contributed by atoms with Gasteiger partial charge in [0.25, 0.3) is 0 Å². The number of aliphatic hydroxyl groups is 1. The fourth-order valence-electron chi connectivity index (χ4n) is 7.52. The Bertz CT molecular complexity index is 650. The van der Waals surface area contributed by atoms with E-state index in [9.17, 15) is 15.0 Å². The highest BCUT2D eigenvalue weighted by Gasteiger charge is 2.71. The molecule has 2 bridgehead atoms. The minimum absolute atomic E-state index is 0.0777. The molecular weight excluding hydrogens is 304 g/mol. The summed E-state index contributed by atoms with van der Waals surface area (Å²) in [6, 6.07) is 0. The Morgan fingerprint density at radius 2 is 2.04 bits per heavy atom. The monoisotopic (exact) mass is 332 g/mol. The van der Waals surface area contributed by atoms with Crippen LogP contribution in [0.15, 0.2) is 11.6 Å². The number of hydrogen-bond donors (Lipinski definition) is 2.